The quantitative estimate of drug-likeness (QED) is 0.836. The maximum Gasteiger partial charge on any atom is 0.223 e. The first-order valence-corrected chi connectivity index (χ1v) is 7.36. The molecule has 0 aromatic heterocycles. The molecule has 1 N–H and O–H groups in total. The number of rotatable bonds is 5. The van der Waals surface area contributed by atoms with Crippen LogP contribution in [0.4, 0.5) is 0 Å². The van der Waals surface area contributed by atoms with Crippen molar-refractivity contribution >= 4 is 5.91 Å². The highest BCUT2D eigenvalue weighted by atomic mass is 16.5. The van der Waals surface area contributed by atoms with Crippen molar-refractivity contribution in [1.29, 1.82) is 0 Å². The third-order valence-corrected chi connectivity index (χ3v) is 3.61. The van der Waals surface area contributed by atoms with E-state index in [9.17, 15) is 4.79 Å². The lowest BCUT2D eigenvalue weighted by molar-refractivity contribution is -0.134. The van der Waals surface area contributed by atoms with E-state index in [0.29, 0.717) is 19.1 Å². The molecule has 1 fully saturated rings. The Morgan fingerprint density at radius 2 is 2.35 bits per heavy atom. The number of nitrogens with one attached hydrogen (secondary N) is 1. The van der Waals surface area contributed by atoms with Crippen LogP contribution in [0.25, 0.3) is 0 Å². The highest BCUT2D eigenvalue weighted by molar-refractivity contribution is 5.76. The number of hydrogen-bond donors (Lipinski definition) is 1. The fourth-order valence-corrected chi connectivity index (χ4v) is 2.47. The lowest BCUT2D eigenvalue weighted by atomic mass is 10.2. The number of carbonyl (C=O) groups excluding carboxylic acids is 1. The zero-order valence-corrected chi connectivity index (χ0v) is 12.4. The molecule has 0 saturated carbocycles. The summed E-state index contributed by atoms with van der Waals surface area (Å²) in [4.78, 5) is 14.1. The largest absolute Gasteiger partial charge is 0.494 e. The topological polar surface area (TPSA) is 41.6 Å². The first kappa shape index (κ1) is 14.9. The molecule has 1 unspecified atom stereocenters. The van der Waals surface area contributed by atoms with E-state index in [4.69, 9.17) is 4.74 Å². The van der Waals surface area contributed by atoms with Crippen LogP contribution in [0.3, 0.4) is 0 Å². The molecule has 110 valence electrons. The summed E-state index contributed by atoms with van der Waals surface area (Å²) in [5.74, 6) is 1.12. The molecule has 1 aliphatic rings. The molecule has 1 aromatic rings. The third kappa shape index (κ3) is 4.23. The smallest absolute Gasteiger partial charge is 0.223 e. The summed E-state index contributed by atoms with van der Waals surface area (Å²) < 4.78 is 5.67. The van der Waals surface area contributed by atoms with Gasteiger partial charge in [0.05, 0.1) is 6.61 Å². The van der Waals surface area contributed by atoms with E-state index >= 15 is 0 Å². The van der Waals surface area contributed by atoms with Gasteiger partial charge in [-0.3, -0.25) is 4.79 Å². The van der Waals surface area contributed by atoms with Crippen molar-refractivity contribution in [3.05, 3.63) is 29.8 Å². The Labute approximate surface area is 121 Å². The van der Waals surface area contributed by atoms with Gasteiger partial charge in [0.25, 0.3) is 0 Å². The fourth-order valence-electron chi connectivity index (χ4n) is 2.47. The van der Waals surface area contributed by atoms with E-state index in [-0.39, 0.29) is 5.91 Å². The van der Waals surface area contributed by atoms with Crippen LogP contribution in [0.2, 0.25) is 0 Å². The van der Waals surface area contributed by atoms with E-state index in [0.717, 1.165) is 31.8 Å². The molecular weight excluding hydrogens is 252 g/mol. The number of nitrogens with zero attached hydrogens (tertiary/aromatic N) is 1. The summed E-state index contributed by atoms with van der Waals surface area (Å²) in [6.45, 7) is 7.34. The van der Waals surface area contributed by atoms with Gasteiger partial charge in [-0.2, -0.15) is 0 Å². The van der Waals surface area contributed by atoms with E-state index in [2.05, 4.69) is 12.2 Å². The third-order valence-electron chi connectivity index (χ3n) is 3.61. The molecule has 1 heterocycles. The minimum Gasteiger partial charge on any atom is -0.494 e. The zero-order valence-electron chi connectivity index (χ0n) is 12.4. The number of carbonyl (C=O) groups is 1. The van der Waals surface area contributed by atoms with E-state index in [1.807, 2.05) is 36.1 Å². The van der Waals surface area contributed by atoms with E-state index in [1.165, 1.54) is 5.56 Å². The summed E-state index contributed by atoms with van der Waals surface area (Å²) in [7, 11) is 0. The van der Waals surface area contributed by atoms with Crippen LogP contribution in [0.1, 0.15) is 25.3 Å². The van der Waals surface area contributed by atoms with Crippen LogP contribution in [-0.2, 0) is 4.79 Å². The van der Waals surface area contributed by atoms with Crippen molar-refractivity contribution < 1.29 is 9.53 Å². The minimum atomic E-state index is 0.242. The SMILES string of the molecule is Cc1cccc(OCCCC(=O)N2CCNCC2C)c1. The molecule has 1 aromatic carbocycles. The number of ether oxygens (including phenoxy) is 1. The maximum atomic E-state index is 12.1. The normalized spacial score (nSPS) is 18.9. The lowest BCUT2D eigenvalue weighted by Gasteiger charge is -2.34. The number of hydrogen-bond acceptors (Lipinski definition) is 3. The average Bonchev–Trinajstić information content (AvgIpc) is 2.44. The van der Waals surface area contributed by atoms with Crippen molar-refractivity contribution in [1.82, 2.24) is 10.2 Å². The monoisotopic (exact) mass is 276 g/mol. The van der Waals surface area contributed by atoms with Gasteiger partial charge < -0.3 is 15.0 Å². The van der Waals surface area contributed by atoms with Gasteiger partial charge in [-0.15, -0.1) is 0 Å². The molecular formula is C16H24N2O2. The molecule has 1 atom stereocenters. The molecule has 20 heavy (non-hydrogen) atoms. The van der Waals surface area contributed by atoms with Crippen molar-refractivity contribution in [3.63, 3.8) is 0 Å². The summed E-state index contributed by atoms with van der Waals surface area (Å²) in [6, 6.07) is 8.29. The van der Waals surface area contributed by atoms with Crippen LogP contribution in [0, 0.1) is 6.92 Å². The average molecular weight is 276 g/mol. The van der Waals surface area contributed by atoms with Gasteiger partial charge in [-0.05, 0) is 38.0 Å². The molecule has 1 amide bonds. The summed E-state index contributed by atoms with van der Waals surface area (Å²) in [5, 5.41) is 3.29. The predicted octanol–water partition coefficient (Wildman–Crippen LogP) is 1.97. The van der Waals surface area contributed by atoms with Crippen molar-refractivity contribution in [2.45, 2.75) is 32.7 Å². The molecule has 1 saturated heterocycles. The minimum absolute atomic E-state index is 0.242. The Hall–Kier alpha value is -1.55. The van der Waals surface area contributed by atoms with E-state index < -0.39 is 0 Å². The maximum absolute atomic E-state index is 12.1. The first-order chi connectivity index (χ1) is 9.66. The Morgan fingerprint density at radius 1 is 1.50 bits per heavy atom. The Morgan fingerprint density at radius 3 is 3.10 bits per heavy atom. The predicted molar refractivity (Wildman–Crippen MR) is 80.0 cm³/mol. The molecule has 4 nitrogen and oxygen atoms in total. The standard InChI is InChI=1S/C16H24N2O2/c1-13-5-3-6-15(11-13)20-10-4-7-16(19)18-9-8-17-12-14(18)2/h3,5-6,11,14,17H,4,7-10,12H2,1-2H3. The van der Waals surface area contributed by atoms with Crippen molar-refractivity contribution in [2.24, 2.45) is 0 Å². The van der Waals surface area contributed by atoms with Crippen LogP contribution >= 0.6 is 0 Å². The van der Waals surface area contributed by atoms with Crippen LogP contribution in [0.5, 0.6) is 5.75 Å². The number of benzene rings is 1. The number of amides is 1. The van der Waals surface area contributed by atoms with Crippen LogP contribution in [-0.4, -0.2) is 43.1 Å². The highest BCUT2D eigenvalue weighted by Crippen LogP contribution is 2.13. The van der Waals surface area contributed by atoms with Crippen LogP contribution in [0.15, 0.2) is 24.3 Å². The second-order valence-corrected chi connectivity index (χ2v) is 5.41. The first-order valence-electron chi connectivity index (χ1n) is 7.36. The second kappa shape index (κ2) is 7.29. The Balaban J connectivity index is 1.69. The summed E-state index contributed by atoms with van der Waals surface area (Å²) in [6.07, 6.45) is 1.33. The molecule has 1 aliphatic heterocycles. The highest BCUT2D eigenvalue weighted by Gasteiger charge is 2.22. The van der Waals surface area contributed by atoms with Gasteiger partial charge in [0, 0.05) is 32.1 Å². The van der Waals surface area contributed by atoms with Gasteiger partial charge in [0.1, 0.15) is 5.75 Å². The summed E-state index contributed by atoms with van der Waals surface area (Å²) in [5.41, 5.74) is 1.19. The molecule has 0 bridgehead atoms. The zero-order chi connectivity index (χ0) is 14.4. The van der Waals surface area contributed by atoms with Gasteiger partial charge in [-0.1, -0.05) is 12.1 Å². The lowest BCUT2D eigenvalue weighted by Crippen LogP contribution is -2.52. The van der Waals surface area contributed by atoms with Crippen molar-refractivity contribution in [2.75, 3.05) is 26.2 Å². The van der Waals surface area contributed by atoms with Gasteiger partial charge in [0.15, 0.2) is 0 Å². The molecule has 2 rings (SSSR count). The van der Waals surface area contributed by atoms with Gasteiger partial charge in [-0.25, -0.2) is 0 Å². The summed E-state index contributed by atoms with van der Waals surface area (Å²) >= 11 is 0. The van der Waals surface area contributed by atoms with Crippen molar-refractivity contribution in [3.8, 4) is 5.75 Å². The second-order valence-electron chi connectivity index (χ2n) is 5.41. The number of aryl methyl sites for hydroxylation is 1. The van der Waals surface area contributed by atoms with Gasteiger partial charge in [0.2, 0.25) is 5.91 Å². The molecule has 0 radical (unpaired) electrons. The number of piperazine rings is 1. The molecule has 0 spiro atoms. The fraction of sp³-hybridized carbons (Fsp3) is 0.562. The molecule has 4 heteroatoms. The van der Waals surface area contributed by atoms with E-state index in [1.54, 1.807) is 0 Å². The van der Waals surface area contributed by atoms with Gasteiger partial charge >= 0.3 is 0 Å². The Kier molecular flexibility index (Phi) is 5.41. The molecule has 0 aliphatic carbocycles. The Bertz CT molecular complexity index is 448. The van der Waals surface area contributed by atoms with Crippen LogP contribution < -0.4 is 10.1 Å².